The highest BCUT2D eigenvalue weighted by Crippen LogP contribution is 2.08. The van der Waals surface area contributed by atoms with E-state index in [1.165, 1.54) is 0 Å². The molecule has 1 saturated heterocycles. The van der Waals surface area contributed by atoms with E-state index in [4.69, 9.17) is 5.11 Å². The van der Waals surface area contributed by atoms with Gasteiger partial charge in [-0.25, -0.2) is 9.78 Å². The molecule has 21 heavy (non-hydrogen) atoms. The third-order valence-electron chi connectivity index (χ3n) is 3.30. The zero-order valence-electron chi connectivity index (χ0n) is 12.0. The van der Waals surface area contributed by atoms with E-state index in [-0.39, 0.29) is 12.6 Å². The van der Waals surface area contributed by atoms with Crippen LogP contribution in [0.2, 0.25) is 0 Å². The number of hydrogen-bond acceptors (Lipinski definition) is 5. The Balaban J connectivity index is 1.66. The number of nitrogens with zero attached hydrogens (tertiary/aromatic N) is 3. The fourth-order valence-corrected chi connectivity index (χ4v) is 2.98. The molecular formula is C13H20N4O3S. The SMILES string of the molecule is Cc1csc(CCNC(=O)N2CCN(CC(=O)O)CC2)n1. The first-order valence-corrected chi connectivity index (χ1v) is 7.80. The molecule has 1 aliphatic rings. The Labute approximate surface area is 127 Å². The van der Waals surface area contributed by atoms with Crippen LogP contribution >= 0.6 is 11.3 Å². The number of nitrogens with one attached hydrogen (secondary N) is 1. The highest BCUT2D eigenvalue weighted by Gasteiger charge is 2.21. The molecule has 116 valence electrons. The topological polar surface area (TPSA) is 85.8 Å². The van der Waals surface area contributed by atoms with Crippen molar-refractivity contribution in [2.75, 3.05) is 39.3 Å². The van der Waals surface area contributed by atoms with Crippen molar-refractivity contribution in [1.82, 2.24) is 20.1 Å². The number of carboxylic acid groups (broad SMARTS) is 1. The molecule has 0 radical (unpaired) electrons. The normalized spacial score (nSPS) is 16.0. The smallest absolute Gasteiger partial charge is 0.317 e. The van der Waals surface area contributed by atoms with E-state index in [9.17, 15) is 9.59 Å². The molecular weight excluding hydrogens is 292 g/mol. The van der Waals surface area contributed by atoms with Crippen LogP contribution in [0.5, 0.6) is 0 Å². The van der Waals surface area contributed by atoms with Crippen molar-refractivity contribution in [2.24, 2.45) is 0 Å². The van der Waals surface area contributed by atoms with Crippen LogP contribution in [0, 0.1) is 6.92 Å². The van der Waals surface area contributed by atoms with Crippen LogP contribution in [0.4, 0.5) is 4.79 Å². The monoisotopic (exact) mass is 312 g/mol. The molecule has 0 bridgehead atoms. The number of carbonyl (C=O) groups excluding carboxylic acids is 1. The van der Waals surface area contributed by atoms with Gasteiger partial charge >= 0.3 is 12.0 Å². The lowest BCUT2D eigenvalue weighted by molar-refractivity contribution is -0.138. The molecule has 1 aromatic heterocycles. The second-order valence-corrected chi connectivity index (χ2v) is 5.96. The fraction of sp³-hybridized carbons (Fsp3) is 0.615. The van der Waals surface area contributed by atoms with Gasteiger partial charge in [0.2, 0.25) is 0 Å². The molecule has 1 fully saturated rings. The summed E-state index contributed by atoms with van der Waals surface area (Å²) < 4.78 is 0. The third kappa shape index (κ3) is 4.98. The van der Waals surface area contributed by atoms with Crippen LogP contribution in [0.25, 0.3) is 0 Å². The molecule has 0 atom stereocenters. The van der Waals surface area contributed by atoms with Crippen molar-refractivity contribution >= 4 is 23.3 Å². The number of aromatic nitrogens is 1. The minimum Gasteiger partial charge on any atom is -0.480 e. The van der Waals surface area contributed by atoms with Crippen LogP contribution in [-0.2, 0) is 11.2 Å². The Morgan fingerprint density at radius 3 is 2.67 bits per heavy atom. The van der Waals surface area contributed by atoms with Crippen LogP contribution in [0.1, 0.15) is 10.7 Å². The number of thiazole rings is 1. The molecule has 8 heteroatoms. The number of carboxylic acids is 1. The molecule has 0 aromatic carbocycles. The number of amides is 2. The number of rotatable bonds is 5. The van der Waals surface area contributed by atoms with Crippen molar-refractivity contribution in [3.05, 3.63) is 16.1 Å². The average molecular weight is 312 g/mol. The van der Waals surface area contributed by atoms with Gasteiger partial charge in [-0.3, -0.25) is 9.69 Å². The van der Waals surface area contributed by atoms with Crippen LogP contribution < -0.4 is 5.32 Å². The summed E-state index contributed by atoms with van der Waals surface area (Å²) in [6.07, 6.45) is 0.739. The van der Waals surface area contributed by atoms with Gasteiger partial charge in [-0.1, -0.05) is 0 Å². The Morgan fingerprint density at radius 1 is 1.38 bits per heavy atom. The maximum absolute atomic E-state index is 12.0. The standard InChI is InChI=1S/C13H20N4O3S/c1-10-9-21-11(15-10)2-3-14-13(20)17-6-4-16(5-7-17)8-12(18)19/h9H,2-8H2,1H3,(H,14,20)(H,18,19). The maximum atomic E-state index is 12.0. The largest absolute Gasteiger partial charge is 0.480 e. The zero-order chi connectivity index (χ0) is 15.2. The third-order valence-corrected chi connectivity index (χ3v) is 4.33. The van der Waals surface area contributed by atoms with Crippen LogP contribution in [-0.4, -0.2) is 71.2 Å². The molecule has 2 N–H and O–H groups in total. The van der Waals surface area contributed by atoms with Crippen molar-refractivity contribution in [2.45, 2.75) is 13.3 Å². The Bertz CT molecular complexity index is 497. The van der Waals surface area contributed by atoms with Crippen molar-refractivity contribution in [1.29, 1.82) is 0 Å². The van der Waals surface area contributed by atoms with Gasteiger partial charge in [-0.05, 0) is 6.92 Å². The van der Waals surface area contributed by atoms with E-state index in [1.807, 2.05) is 17.2 Å². The summed E-state index contributed by atoms with van der Waals surface area (Å²) in [5.41, 5.74) is 1.01. The van der Waals surface area contributed by atoms with Crippen molar-refractivity contribution in [3.8, 4) is 0 Å². The summed E-state index contributed by atoms with van der Waals surface area (Å²) in [6, 6.07) is -0.0850. The first kappa shape index (κ1) is 15.7. The number of piperazine rings is 1. The van der Waals surface area contributed by atoms with E-state index in [2.05, 4.69) is 10.3 Å². The summed E-state index contributed by atoms with van der Waals surface area (Å²) >= 11 is 1.60. The van der Waals surface area contributed by atoms with Crippen LogP contribution in [0.3, 0.4) is 0 Å². The maximum Gasteiger partial charge on any atom is 0.317 e. The lowest BCUT2D eigenvalue weighted by atomic mass is 10.3. The van der Waals surface area contributed by atoms with Gasteiger partial charge in [0, 0.05) is 50.2 Å². The summed E-state index contributed by atoms with van der Waals surface area (Å²) in [6.45, 7) is 4.90. The molecule has 0 saturated carbocycles. The zero-order valence-corrected chi connectivity index (χ0v) is 12.9. The van der Waals surface area contributed by atoms with Gasteiger partial charge in [0.25, 0.3) is 0 Å². The van der Waals surface area contributed by atoms with Gasteiger partial charge in [-0.2, -0.15) is 0 Å². The van der Waals surface area contributed by atoms with Crippen LogP contribution in [0.15, 0.2) is 5.38 Å². The molecule has 2 amide bonds. The summed E-state index contributed by atoms with van der Waals surface area (Å²) in [5.74, 6) is -0.827. The highest BCUT2D eigenvalue weighted by atomic mass is 32.1. The predicted octanol–water partition coefficient (Wildman–Crippen LogP) is 0.406. The number of aryl methyl sites for hydroxylation is 1. The van der Waals surface area contributed by atoms with Gasteiger partial charge in [0.1, 0.15) is 0 Å². The number of aliphatic carboxylic acids is 1. The molecule has 2 rings (SSSR count). The van der Waals surface area contributed by atoms with Gasteiger partial charge in [-0.15, -0.1) is 11.3 Å². The number of carbonyl (C=O) groups is 2. The summed E-state index contributed by atoms with van der Waals surface area (Å²) in [7, 11) is 0. The first-order chi connectivity index (χ1) is 10.0. The Morgan fingerprint density at radius 2 is 2.10 bits per heavy atom. The van der Waals surface area contributed by atoms with E-state index in [0.717, 1.165) is 17.1 Å². The molecule has 0 spiro atoms. The first-order valence-electron chi connectivity index (χ1n) is 6.92. The number of hydrogen-bond donors (Lipinski definition) is 2. The van der Waals surface area contributed by atoms with E-state index in [1.54, 1.807) is 16.2 Å². The minimum absolute atomic E-state index is 0.0405. The fourth-order valence-electron chi connectivity index (χ4n) is 2.21. The predicted molar refractivity (Wildman–Crippen MR) is 79.6 cm³/mol. The Kier molecular flexibility index (Phi) is 5.51. The van der Waals surface area contributed by atoms with E-state index in [0.29, 0.717) is 32.7 Å². The molecule has 1 aliphatic heterocycles. The van der Waals surface area contributed by atoms with Gasteiger partial charge < -0.3 is 15.3 Å². The minimum atomic E-state index is -0.827. The quantitative estimate of drug-likeness (QED) is 0.822. The van der Waals surface area contributed by atoms with E-state index >= 15 is 0 Å². The molecule has 0 unspecified atom stereocenters. The average Bonchev–Trinajstić information content (AvgIpc) is 2.84. The molecule has 7 nitrogen and oxygen atoms in total. The second-order valence-electron chi connectivity index (χ2n) is 5.02. The lowest BCUT2D eigenvalue weighted by Crippen LogP contribution is -2.52. The Hall–Kier alpha value is -1.67. The van der Waals surface area contributed by atoms with E-state index < -0.39 is 5.97 Å². The van der Waals surface area contributed by atoms with Crippen molar-refractivity contribution in [3.63, 3.8) is 0 Å². The van der Waals surface area contributed by atoms with Crippen molar-refractivity contribution < 1.29 is 14.7 Å². The summed E-state index contributed by atoms with van der Waals surface area (Å²) in [5, 5.41) is 14.6. The lowest BCUT2D eigenvalue weighted by Gasteiger charge is -2.33. The number of urea groups is 1. The van der Waals surface area contributed by atoms with Gasteiger partial charge in [0.05, 0.1) is 11.6 Å². The highest BCUT2D eigenvalue weighted by molar-refractivity contribution is 7.09. The molecule has 1 aromatic rings. The second kappa shape index (κ2) is 7.37. The summed E-state index contributed by atoms with van der Waals surface area (Å²) in [4.78, 5) is 30.5. The molecule has 0 aliphatic carbocycles. The molecule has 2 heterocycles. The van der Waals surface area contributed by atoms with Gasteiger partial charge in [0.15, 0.2) is 0 Å².